The van der Waals surface area contributed by atoms with Crippen LogP contribution in [0.15, 0.2) is 41.3 Å². The molecule has 1 amide bonds. The van der Waals surface area contributed by atoms with Crippen molar-refractivity contribution in [1.82, 2.24) is 0 Å². The van der Waals surface area contributed by atoms with E-state index in [1.54, 1.807) is 32.0 Å². The molecule has 0 heterocycles. The maximum atomic E-state index is 12.3. The second-order valence-corrected chi connectivity index (χ2v) is 7.84. The lowest BCUT2D eigenvalue weighted by atomic mass is 10.1. The van der Waals surface area contributed by atoms with Crippen LogP contribution in [0.3, 0.4) is 0 Å². The first kappa shape index (κ1) is 18.6. The zero-order chi connectivity index (χ0) is 18.8. The van der Waals surface area contributed by atoms with Crippen molar-refractivity contribution < 1.29 is 18.1 Å². The Morgan fingerprint density at radius 3 is 2.24 bits per heavy atom. The molecule has 0 aliphatic rings. The van der Waals surface area contributed by atoms with E-state index in [0.717, 1.165) is 5.56 Å². The number of sulfone groups is 1. The fourth-order valence-corrected chi connectivity index (χ4v) is 3.56. The van der Waals surface area contributed by atoms with Gasteiger partial charge in [0, 0.05) is 6.07 Å². The molecule has 0 saturated heterocycles. The van der Waals surface area contributed by atoms with Crippen molar-refractivity contribution in [2.45, 2.75) is 25.7 Å². The highest BCUT2D eigenvalue weighted by Crippen LogP contribution is 2.29. The first-order chi connectivity index (χ1) is 11.6. The number of rotatable bonds is 5. The molecule has 132 valence electrons. The summed E-state index contributed by atoms with van der Waals surface area (Å²) in [6.45, 7) is 5.14. The largest absolute Gasteiger partial charge is 0.319 e. The average Bonchev–Trinajstić information content (AvgIpc) is 2.49. The highest BCUT2D eigenvalue weighted by atomic mass is 32.2. The number of nitro groups is 1. The van der Waals surface area contributed by atoms with Gasteiger partial charge in [0.2, 0.25) is 5.91 Å². The Morgan fingerprint density at radius 2 is 1.68 bits per heavy atom. The van der Waals surface area contributed by atoms with E-state index in [1.165, 1.54) is 18.2 Å². The van der Waals surface area contributed by atoms with E-state index in [9.17, 15) is 23.3 Å². The van der Waals surface area contributed by atoms with Gasteiger partial charge in [-0.05, 0) is 44.0 Å². The van der Waals surface area contributed by atoms with Crippen LogP contribution in [0.5, 0.6) is 0 Å². The Balaban J connectivity index is 2.26. The van der Waals surface area contributed by atoms with E-state index < -0.39 is 26.4 Å². The molecule has 2 rings (SSSR count). The summed E-state index contributed by atoms with van der Waals surface area (Å²) in [6, 6.07) is 9.14. The van der Waals surface area contributed by atoms with E-state index >= 15 is 0 Å². The molecule has 0 fully saturated rings. The van der Waals surface area contributed by atoms with Gasteiger partial charge in [0.1, 0.15) is 11.4 Å². The molecule has 0 atom stereocenters. The summed E-state index contributed by atoms with van der Waals surface area (Å²) < 4.78 is 24.6. The van der Waals surface area contributed by atoms with Crippen LogP contribution >= 0.6 is 0 Å². The summed E-state index contributed by atoms with van der Waals surface area (Å²) in [5, 5.41) is 13.5. The second-order valence-electron chi connectivity index (χ2n) is 5.85. The van der Waals surface area contributed by atoms with Crippen LogP contribution in [-0.4, -0.2) is 25.0 Å². The van der Waals surface area contributed by atoms with Crippen molar-refractivity contribution in [3.8, 4) is 0 Å². The van der Waals surface area contributed by atoms with Gasteiger partial charge in [0.05, 0.1) is 9.82 Å². The average molecular weight is 362 g/mol. The molecule has 2 aromatic rings. The minimum absolute atomic E-state index is 0.0136. The molecule has 8 heteroatoms. The zero-order valence-electron chi connectivity index (χ0n) is 14.1. The van der Waals surface area contributed by atoms with Gasteiger partial charge in [-0.1, -0.05) is 23.8 Å². The second kappa shape index (κ2) is 7.02. The van der Waals surface area contributed by atoms with Gasteiger partial charge in [0.15, 0.2) is 9.84 Å². The molecular formula is C17H18N2O5S. The topological polar surface area (TPSA) is 106 Å². The molecule has 25 heavy (non-hydrogen) atoms. The summed E-state index contributed by atoms with van der Waals surface area (Å²) >= 11 is 0. The number of nitrogens with zero attached hydrogens (tertiary/aromatic N) is 1. The molecule has 0 unspecified atom stereocenters. The normalized spacial score (nSPS) is 11.2. The van der Waals surface area contributed by atoms with Crippen LogP contribution in [0.2, 0.25) is 0 Å². The quantitative estimate of drug-likeness (QED) is 0.650. The molecule has 7 nitrogen and oxygen atoms in total. The van der Waals surface area contributed by atoms with Crippen LogP contribution in [0.25, 0.3) is 0 Å². The Labute approximate surface area is 145 Å². The highest BCUT2D eigenvalue weighted by Gasteiger charge is 2.23. The van der Waals surface area contributed by atoms with Crippen LogP contribution in [0.1, 0.15) is 16.7 Å². The third-order valence-electron chi connectivity index (χ3n) is 3.62. The summed E-state index contributed by atoms with van der Waals surface area (Å²) in [5.74, 6) is -1.61. The standard InChI is InChI=1S/C17H18N2O5S/c1-11-4-6-14(7-5-11)25(23,24)10-16(20)18-17-13(3)8-12(2)9-15(17)19(21)22/h4-9H,10H2,1-3H3,(H,18,20). The maximum Gasteiger partial charge on any atom is 0.293 e. The Morgan fingerprint density at radius 1 is 1.08 bits per heavy atom. The fourth-order valence-electron chi connectivity index (χ4n) is 2.43. The van der Waals surface area contributed by atoms with Crippen molar-refractivity contribution in [3.05, 3.63) is 63.2 Å². The van der Waals surface area contributed by atoms with E-state index in [1.807, 2.05) is 6.92 Å². The monoisotopic (exact) mass is 362 g/mol. The van der Waals surface area contributed by atoms with E-state index in [2.05, 4.69) is 5.32 Å². The lowest BCUT2D eigenvalue weighted by Crippen LogP contribution is -2.24. The lowest BCUT2D eigenvalue weighted by molar-refractivity contribution is -0.384. The number of nitrogens with one attached hydrogen (secondary N) is 1. The molecule has 0 bridgehead atoms. The molecule has 0 saturated carbocycles. The smallest absolute Gasteiger partial charge is 0.293 e. The maximum absolute atomic E-state index is 12.3. The number of amides is 1. The lowest BCUT2D eigenvalue weighted by Gasteiger charge is -2.10. The predicted octanol–water partition coefficient (Wildman–Crippen LogP) is 2.93. The number of carbonyl (C=O) groups is 1. The van der Waals surface area contributed by atoms with Crippen molar-refractivity contribution in [3.63, 3.8) is 0 Å². The SMILES string of the molecule is Cc1ccc(S(=O)(=O)CC(=O)Nc2c(C)cc(C)cc2[N+](=O)[O-])cc1. The van der Waals surface area contributed by atoms with Gasteiger partial charge in [0.25, 0.3) is 5.69 Å². The molecule has 1 N–H and O–H groups in total. The molecular weight excluding hydrogens is 344 g/mol. The first-order valence-corrected chi connectivity index (χ1v) is 9.10. The van der Waals surface area contributed by atoms with Gasteiger partial charge in [-0.15, -0.1) is 0 Å². The van der Waals surface area contributed by atoms with Crippen LogP contribution in [-0.2, 0) is 14.6 Å². The Hall–Kier alpha value is -2.74. The van der Waals surface area contributed by atoms with Gasteiger partial charge in [-0.3, -0.25) is 14.9 Å². The summed E-state index contributed by atoms with van der Waals surface area (Å²) in [5.41, 5.74) is 1.81. The third-order valence-corrected chi connectivity index (χ3v) is 5.25. The molecule has 0 radical (unpaired) electrons. The number of aryl methyl sites for hydroxylation is 3. The van der Waals surface area contributed by atoms with Gasteiger partial charge in [-0.2, -0.15) is 0 Å². The van der Waals surface area contributed by atoms with Crippen molar-refractivity contribution in [2.24, 2.45) is 0 Å². The van der Waals surface area contributed by atoms with Gasteiger partial charge in [-0.25, -0.2) is 8.42 Å². The zero-order valence-corrected chi connectivity index (χ0v) is 14.9. The minimum Gasteiger partial charge on any atom is -0.319 e. The van der Waals surface area contributed by atoms with Crippen LogP contribution in [0, 0.1) is 30.9 Å². The van der Waals surface area contributed by atoms with Crippen LogP contribution in [0.4, 0.5) is 11.4 Å². The number of hydrogen-bond acceptors (Lipinski definition) is 5. The first-order valence-electron chi connectivity index (χ1n) is 7.45. The summed E-state index contributed by atoms with van der Waals surface area (Å²) in [7, 11) is -3.83. The highest BCUT2D eigenvalue weighted by molar-refractivity contribution is 7.92. The van der Waals surface area contributed by atoms with E-state index in [0.29, 0.717) is 11.1 Å². The molecule has 2 aromatic carbocycles. The Kier molecular flexibility index (Phi) is 5.22. The fraction of sp³-hybridized carbons (Fsp3) is 0.235. The number of carbonyl (C=O) groups excluding carboxylic acids is 1. The Bertz CT molecular complexity index is 934. The van der Waals surface area contributed by atoms with Crippen molar-refractivity contribution in [2.75, 3.05) is 11.1 Å². The molecule has 0 aliphatic carbocycles. The minimum atomic E-state index is -3.83. The van der Waals surface area contributed by atoms with E-state index in [4.69, 9.17) is 0 Å². The van der Waals surface area contributed by atoms with Crippen LogP contribution < -0.4 is 5.32 Å². The van der Waals surface area contributed by atoms with Gasteiger partial charge < -0.3 is 5.32 Å². The van der Waals surface area contributed by atoms with Gasteiger partial charge >= 0.3 is 0 Å². The van der Waals surface area contributed by atoms with Crippen molar-refractivity contribution >= 4 is 27.1 Å². The molecule has 0 aromatic heterocycles. The van der Waals surface area contributed by atoms with E-state index in [-0.39, 0.29) is 16.3 Å². The number of benzene rings is 2. The number of nitro benzene ring substituents is 1. The summed E-state index contributed by atoms with van der Waals surface area (Å²) in [6.07, 6.45) is 0. The third kappa shape index (κ3) is 4.42. The summed E-state index contributed by atoms with van der Waals surface area (Å²) in [4.78, 5) is 22.8. The predicted molar refractivity (Wildman–Crippen MR) is 94.4 cm³/mol. The number of hydrogen-bond donors (Lipinski definition) is 1. The molecule has 0 aliphatic heterocycles. The molecule has 0 spiro atoms. The van der Waals surface area contributed by atoms with Crippen molar-refractivity contribution in [1.29, 1.82) is 0 Å². The number of anilines is 1.